The van der Waals surface area contributed by atoms with Crippen LogP contribution >= 0.6 is 0 Å². The van der Waals surface area contributed by atoms with Crippen LogP contribution in [0.2, 0.25) is 0 Å². The summed E-state index contributed by atoms with van der Waals surface area (Å²) in [6.45, 7) is 4.40. The van der Waals surface area contributed by atoms with E-state index in [1.165, 1.54) is 6.07 Å². The molecule has 1 aliphatic rings. The molecule has 23 heavy (non-hydrogen) atoms. The number of likely N-dealkylation sites (N-methyl/N-ethyl adjacent to an activating group) is 1. The van der Waals surface area contributed by atoms with Gasteiger partial charge in [0.25, 0.3) is 0 Å². The first-order chi connectivity index (χ1) is 10.9. The minimum Gasteiger partial charge on any atom is -0.480 e. The van der Waals surface area contributed by atoms with Gasteiger partial charge in [0.05, 0.1) is 12.2 Å². The van der Waals surface area contributed by atoms with E-state index in [2.05, 4.69) is 10.6 Å². The SMILES string of the molecule is CCN(CC(=O)O)C1CC(NC(=O)Nc2cc(C)ccc2F)C1. The second kappa shape index (κ2) is 7.41. The molecule has 7 heteroatoms. The van der Waals surface area contributed by atoms with E-state index in [1.54, 1.807) is 12.1 Å². The van der Waals surface area contributed by atoms with Gasteiger partial charge < -0.3 is 15.7 Å². The Morgan fingerprint density at radius 1 is 1.39 bits per heavy atom. The second-order valence-electron chi connectivity index (χ2n) is 5.86. The summed E-state index contributed by atoms with van der Waals surface area (Å²) in [5.74, 6) is -1.33. The number of aryl methyl sites for hydroxylation is 1. The predicted molar refractivity (Wildman–Crippen MR) is 85.0 cm³/mol. The summed E-state index contributed by atoms with van der Waals surface area (Å²) in [5.41, 5.74) is 1.01. The molecule has 1 aromatic rings. The third kappa shape index (κ3) is 4.66. The predicted octanol–water partition coefficient (Wildman–Crippen LogP) is 2.19. The minimum absolute atomic E-state index is 0.00852. The smallest absolute Gasteiger partial charge is 0.319 e. The Morgan fingerprint density at radius 3 is 2.70 bits per heavy atom. The van der Waals surface area contributed by atoms with Gasteiger partial charge in [0, 0.05) is 12.1 Å². The number of urea groups is 1. The molecule has 0 aromatic heterocycles. The van der Waals surface area contributed by atoms with Gasteiger partial charge in [-0.1, -0.05) is 13.0 Å². The molecule has 1 fully saturated rings. The largest absolute Gasteiger partial charge is 0.480 e. The zero-order chi connectivity index (χ0) is 17.0. The van der Waals surface area contributed by atoms with Crippen molar-refractivity contribution in [3.63, 3.8) is 0 Å². The molecule has 2 amide bonds. The van der Waals surface area contributed by atoms with Crippen molar-refractivity contribution < 1.29 is 19.1 Å². The number of carboxylic acid groups (broad SMARTS) is 1. The first-order valence-corrected chi connectivity index (χ1v) is 7.68. The molecule has 1 saturated carbocycles. The molecule has 6 nitrogen and oxygen atoms in total. The normalized spacial score (nSPS) is 20.0. The van der Waals surface area contributed by atoms with Crippen LogP contribution in [0.15, 0.2) is 18.2 Å². The summed E-state index contributed by atoms with van der Waals surface area (Å²) in [6, 6.07) is 4.23. The number of nitrogens with one attached hydrogen (secondary N) is 2. The summed E-state index contributed by atoms with van der Waals surface area (Å²) in [6.07, 6.45) is 1.40. The Labute approximate surface area is 134 Å². The van der Waals surface area contributed by atoms with Crippen LogP contribution in [0.3, 0.4) is 0 Å². The van der Waals surface area contributed by atoms with Crippen molar-refractivity contribution in [3.05, 3.63) is 29.6 Å². The van der Waals surface area contributed by atoms with Gasteiger partial charge in [-0.2, -0.15) is 0 Å². The van der Waals surface area contributed by atoms with E-state index < -0.39 is 17.8 Å². The number of carboxylic acids is 1. The molecule has 0 saturated heterocycles. The molecule has 0 heterocycles. The highest BCUT2D eigenvalue weighted by molar-refractivity contribution is 5.89. The van der Waals surface area contributed by atoms with E-state index in [1.807, 2.05) is 18.7 Å². The molecule has 1 aromatic carbocycles. The summed E-state index contributed by atoms with van der Waals surface area (Å²) in [7, 11) is 0. The van der Waals surface area contributed by atoms with Gasteiger partial charge in [-0.3, -0.25) is 9.69 Å². The van der Waals surface area contributed by atoms with E-state index >= 15 is 0 Å². The fourth-order valence-electron chi connectivity index (χ4n) is 2.76. The first-order valence-electron chi connectivity index (χ1n) is 7.68. The quantitative estimate of drug-likeness (QED) is 0.749. The topological polar surface area (TPSA) is 81.7 Å². The van der Waals surface area contributed by atoms with Gasteiger partial charge in [-0.25, -0.2) is 9.18 Å². The number of carbonyl (C=O) groups excluding carboxylic acids is 1. The molecular formula is C16H22FN3O3. The van der Waals surface area contributed by atoms with Gasteiger partial charge >= 0.3 is 12.0 Å². The highest BCUT2D eigenvalue weighted by Crippen LogP contribution is 2.25. The Morgan fingerprint density at radius 2 is 2.09 bits per heavy atom. The van der Waals surface area contributed by atoms with Crippen molar-refractivity contribution in [1.29, 1.82) is 0 Å². The zero-order valence-corrected chi connectivity index (χ0v) is 13.3. The monoisotopic (exact) mass is 323 g/mol. The molecule has 0 bridgehead atoms. The van der Waals surface area contributed by atoms with Crippen molar-refractivity contribution in [1.82, 2.24) is 10.2 Å². The molecular weight excluding hydrogens is 301 g/mol. The number of halogens is 1. The number of hydrogen-bond acceptors (Lipinski definition) is 3. The highest BCUT2D eigenvalue weighted by atomic mass is 19.1. The van der Waals surface area contributed by atoms with E-state index in [0.29, 0.717) is 19.4 Å². The Balaban J connectivity index is 1.80. The van der Waals surface area contributed by atoms with Crippen LogP contribution in [-0.2, 0) is 4.79 Å². The molecule has 0 unspecified atom stereocenters. The van der Waals surface area contributed by atoms with Gasteiger partial charge in [-0.05, 0) is 44.0 Å². The van der Waals surface area contributed by atoms with Crippen LogP contribution in [0.4, 0.5) is 14.9 Å². The summed E-state index contributed by atoms with van der Waals surface area (Å²) in [4.78, 5) is 24.6. The van der Waals surface area contributed by atoms with E-state index in [9.17, 15) is 14.0 Å². The maximum atomic E-state index is 13.6. The Hall–Kier alpha value is -2.15. The number of carbonyl (C=O) groups is 2. The van der Waals surface area contributed by atoms with Crippen molar-refractivity contribution in [3.8, 4) is 0 Å². The van der Waals surface area contributed by atoms with E-state index in [4.69, 9.17) is 5.11 Å². The van der Waals surface area contributed by atoms with Crippen molar-refractivity contribution >= 4 is 17.7 Å². The lowest BCUT2D eigenvalue weighted by Crippen LogP contribution is -2.55. The molecule has 0 aliphatic heterocycles. The van der Waals surface area contributed by atoms with Crippen LogP contribution in [-0.4, -0.2) is 47.2 Å². The second-order valence-corrected chi connectivity index (χ2v) is 5.86. The maximum absolute atomic E-state index is 13.6. The van der Waals surface area contributed by atoms with E-state index in [-0.39, 0.29) is 24.3 Å². The molecule has 0 spiro atoms. The number of rotatable bonds is 6. The average molecular weight is 323 g/mol. The third-order valence-electron chi connectivity index (χ3n) is 4.08. The van der Waals surface area contributed by atoms with Gasteiger partial charge in [0.2, 0.25) is 0 Å². The van der Waals surface area contributed by atoms with Crippen LogP contribution in [0.1, 0.15) is 25.3 Å². The van der Waals surface area contributed by atoms with Crippen LogP contribution < -0.4 is 10.6 Å². The third-order valence-corrected chi connectivity index (χ3v) is 4.08. The standard InChI is InChI=1S/C16H22FN3O3/c1-3-20(9-15(21)22)12-7-11(8-12)18-16(23)19-14-6-10(2)4-5-13(14)17/h4-6,11-12H,3,7-9H2,1-2H3,(H,21,22)(H2,18,19,23). The van der Waals surface area contributed by atoms with Crippen molar-refractivity contribution in [2.75, 3.05) is 18.4 Å². The Bertz CT molecular complexity index is 588. The molecule has 3 N–H and O–H groups in total. The number of nitrogens with zero attached hydrogens (tertiary/aromatic N) is 1. The lowest BCUT2D eigenvalue weighted by molar-refractivity contribution is -0.139. The molecule has 126 valence electrons. The molecule has 0 radical (unpaired) electrons. The molecule has 2 rings (SSSR count). The summed E-state index contributed by atoms with van der Waals surface area (Å²) < 4.78 is 13.6. The number of anilines is 1. The maximum Gasteiger partial charge on any atom is 0.319 e. The van der Waals surface area contributed by atoms with Gasteiger partial charge in [0.15, 0.2) is 0 Å². The lowest BCUT2D eigenvalue weighted by atomic mass is 9.85. The average Bonchev–Trinajstić information content (AvgIpc) is 2.44. The van der Waals surface area contributed by atoms with Crippen LogP contribution in [0.25, 0.3) is 0 Å². The fraction of sp³-hybridized carbons (Fsp3) is 0.500. The highest BCUT2D eigenvalue weighted by Gasteiger charge is 2.34. The summed E-state index contributed by atoms with van der Waals surface area (Å²) in [5, 5.41) is 14.1. The summed E-state index contributed by atoms with van der Waals surface area (Å²) >= 11 is 0. The first kappa shape index (κ1) is 17.2. The van der Waals surface area contributed by atoms with Crippen molar-refractivity contribution in [2.24, 2.45) is 0 Å². The fourth-order valence-corrected chi connectivity index (χ4v) is 2.76. The lowest BCUT2D eigenvalue weighted by Gasteiger charge is -2.42. The van der Waals surface area contributed by atoms with Gasteiger partial charge in [0.1, 0.15) is 5.82 Å². The molecule has 1 aliphatic carbocycles. The number of aliphatic carboxylic acids is 1. The van der Waals surface area contributed by atoms with Gasteiger partial charge in [-0.15, -0.1) is 0 Å². The van der Waals surface area contributed by atoms with Crippen LogP contribution in [0, 0.1) is 12.7 Å². The van der Waals surface area contributed by atoms with Crippen molar-refractivity contribution in [2.45, 2.75) is 38.8 Å². The molecule has 0 atom stereocenters. The zero-order valence-electron chi connectivity index (χ0n) is 13.3. The van der Waals surface area contributed by atoms with E-state index in [0.717, 1.165) is 5.56 Å². The number of hydrogen-bond donors (Lipinski definition) is 3. The Kier molecular flexibility index (Phi) is 5.54. The minimum atomic E-state index is -0.851. The number of amides is 2. The van der Waals surface area contributed by atoms with Crippen LogP contribution in [0.5, 0.6) is 0 Å². The number of benzene rings is 1.